The molecule has 0 radical (unpaired) electrons. The van der Waals surface area contributed by atoms with E-state index in [4.69, 9.17) is 0 Å². The normalized spacial score (nSPS) is 18.4. The Bertz CT molecular complexity index is 304. The van der Waals surface area contributed by atoms with Crippen LogP contribution in [0.1, 0.15) is 32.0 Å². The van der Waals surface area contributed by atoms with E-state index in [9.17, 15) is 5.11 Å². The summed E-state index contributed by atoms with van der Waals surface area (Å²) in [5.74, 6) is 1.03. The molecule has 0 bridgehead atoms. The third kappa shape index (κ3) is 1.80. The molecule has 0 aliphatic heterocycles. The minimum absolute atomic E-state index is 0.137. The van der Waals surface area contributed by atoms with Gasteiger partial charge in [-0.25, -0.2) is 4.98 Å². The largest absolute Gasteiger partial charge is 0.396 e. The highest BCUT2D eigenvalue weighted by atomic mass is 16.3. The van der Waals surface area contributed by atoms with Crippen LogP contribution in [0.25, 0.3) is 0 Å². The zero-order chi connectivity index (χ0) is 10.0. The van der Waals surface area contributed by atoms with Crippen LogP contribution in [0, 0.1) is 5.41 Å². The van der Waals surface area contributed by atoms with E-state index in [0.717, 1.165) is 38.1 Å². The molecule has 4 heteroatoms. The lowest BCUT2D eigenvalue weighted by Crippen LogP contribution is -2.15. The predicted octanol–water partition coefficient (Wildman–Crippen LogP) is 1.00. The second-order valence-electron chi connectivity index (χ2n) is 4.23. The number of hydrogen-bond donors (Lipinski definition) is 1. The molecule has 1 aliphatic carbocycles. The summed E-state index contributed by atoms with van der Waals surface area (Å²) in [6.07, 6.45) is 5.81. The van der Waals surface area contributed by atoms with Gasteiger partial charge in [0, 0.05) is 25.0 Å². The lowest BCUT2D eigenvalue weighted by Gasteiger charge is -2.11. The molecule has 0 saturated heterocycles. The molecule has 1 fully saturated rings. The van der Waals surface area contributed by atoms with E-state index in [0.29, 0.717) is 0 Å². The van der Waals surface area contributed by atoms with Gasteiger partial charge in [-0.05, 0) is 19.3 Å². The molecular weight excluding hydrogens is 178 g/mol. The summed E-state index contributed by atoms with van der Waals surface area (Å²) >= 11 is 0. The Hall–Kier alpha value is -0.900. The summed E-state index contributed by atoms with van der Waals surface area (Å²) < 4.78 is 1.95. The topological polar surface area (TPSA) is 50.9 Å². The molecule has 4 nitrogen and oxygen atoms in total. The molecular formula is C10H17N3O. The third-order valence-corrected chi connectivity index (χ3v) is 2.96. The van der Waals surface area contributed by atoms with E-state index in [1.165, 1.54) is 0 Å². The zero-order valence-corrected chi connectivity index (χ0v) is 8.61. The molecule has 78 valence electrons. The number of nitrogens with zero attached hydrogens (tertiary/aromatic N) is 3. The third-order valence-electron chi connectivity index (χ3n) is 2.96. The minimum Gasteiger partial charge on any atom is -0.396 e. The summed E-state index contributed by atoms with van der Waals surface area (Å²) in [5, 5.41) is 13.4. The molecule has 1 aliphatic rings. The van der Waals surface area contributed by atoms with E-state index >= 15 is 0 Å². The van der Waals surface area contributed by atoms with Gasteiger partial charge in [-0.15, -0.1) is 0 Å². The second kappa shape index (κ2) is 3.69. The summed E-state index contributed by atoms with van der Waals surface area (Å²) in [5.41, 5.74) is 0.137. The predicted molar refractivity (Wildman–Crippen MR) is 52.8 cm³/mol. The maximum Gasteiger partial charge on any atom is 0.138 e. The smallest absolute Gasteiger partial charge is 0.138 e. The number of aliphatic hydroxyl groups is 1. The molecule has 0 amide bonds. The van der Waals surface area contributed by atoms with Crippen molar-refractivity contribution in [3.8, 4) is 0 Å². The molecule has 1 aromatic rings. The Morgan fingerprint density at radius 1 is 1.57 bits per heavy atom. The quantitative estimate of drug-likeness (QED) is 0.762. The van der Waals surface area contributed by atoms with Crippen LogP contribution >= 0.6 is 0 Å². The second-order valence-corrected chi connectivity index (χ2v) is 4.23. The van der Waals surface area contributed by atoms with E-state index in [2.05, 4.69) is 17.0 Å². The summed E-state index contributed by atoms with van der Waals surface area (Å²) in [6, 6.07) is 0. The van der Waals surface area contributed by atoms with E-state index in [1.54, 1.807) is 6.33 Å². The average molecular weight is 195 g/mol. The first-order valence-electron chi connectivity index (χ1n) is 5.27. The zero-order valence-electron chi connectivity index (χ0n) is 8.61. The van der Waals surface area contributed by atoms with Crippen LogP contribution in [-0.2, 0) is 13.0 Å². The Morgan fingerprint density at radius 2 is 2.36 bits per heavy atom. The van der Waals surface area contributed by atoms with Crippen molar-refractivity contribution >= 4 is 0 Å². The van der Waals surface area contributed by atoms with Gasteiger partial charge in [-0.2, -0.15) is 5.10 Å². The Kier molecular flexibility index (Phi) is 2.54. The Balaban J connectivity index is 2.05. The van der Waals surface area contributed by atoms with Crippen LogP contribution in [0.3, 0.4) is 0 Å². The fraction of sp³-hybridized carbons (Fsp3) is 0.800. The lowest BCUT2D eigenvalue weighted by atomic mass is 10.0. The number of hydrogen-bond acceptors (Lipinski definition) is 3. The van der Waals surface area contributed by atoms with Crippen molar-refractivity contribution in [3.05, 3.63) is 12.2 Å². The first-order valence-corrected chi connectivity index (χ1v) is 5.27. The van der Waals surface area contributed by atoms with Crippen molar-refractivity contribution in [1.29, 1.82) is 0 Å². The Morgan fingerprint density at radius 3 is 2.93 bits per heavy atom. The van der Waals surface area contributed by atoms with E-state index in [-0.39, 0.29) is 12.0 Å². The van der Waals surface area contributed by atoms with Gasteiger partial charge in [-0.3, -0.25) is 4.68 Å². The molecule has 1 N–H and O–H groups in total. The highest BCUT2D eigenvalue weighted by Crippen LogP contribution is 2.47. The first-order chi connectivity index (χ1) is 6.79. The van der Waals surface area contributed by atoms with Crippen LogP contribution in [0.2, 0.25) is 0 Å². The van der Waals surface area contributed by atoms with Crippen molar-refractivity contribution in [1.82, 2.24) is 14.8 Å². The van der Waals surface area contributed by atoms with Gasteiger partial charge < -0.3 is 5.11 Å². The lowest BCUT2D eigenvalue weighted by molar-refractivity contribution is 0.207. The number of aryl methyl sites for hydroxylation is 1. The molecule has 0 aromatic carbocycles. The minimum atomic E-state index is 0.137. The number of aliphatic hydroxyl groups excluding tert-OH is 1. The van der Waals surface area contributed by atoms with Gasteiger partial charge in [0.05, 0.1) is 0 Å². The van der Waals surface area contributed by atoms with Gasteiger partial charge in [0.25, 0.3) is 0 Å². The van der Waals surface area contributed by atoms with Crippen molar-refractivity contribution < 1.29 is 5.11 Å². The summed E-state index contributed by atoms with van der Waals surface area (Å²) in [7, 11) is 0. The van der Waals surface area contributed by atoms with Crippen molar-refractivity contribution in [2.24, 2.45) is 5.41 Å². The van der Waals surface area contributed by atoms with E-state index in [1.807, 2.05) is 4.68 Å². The first kappa shape index (κ1) is 9.65. The standard InChI is InChI=1S/C10H17N3O/c1-2-5-13-9(11-8-12-13)6-10(7-14)3-4-10/h8,14H,2-7H2,1H3. The number of rotatable bonds is 5. The maximum absolute atomic E-state index is 9.22. The molecule has 2 rings (SSSR count). The molecule has 0 spiro atoms. The summed E-state index contributed by atoms with van der Waals surface area (Å²) in [4.78, 5) is 4.25. The summed E-state index contributed by atoms with van der Waals surface area (Å²) in [6.45, 7) is 3.34. The van der Waals surface area contributed by atoms with Gasteiger partial charge >= 0.3 is 0 Å². The van der Waals surface area contributed by atoms with Crippen LogP contribution < -0.4 is 0 Å². The molecule has 1 saturated carbocycles. The molecule has 0 unspecified atom stereocenters. The van der Waals surface area contributed by atoms with Crippen molar-refractivity contribution in [2.45, 2.75) is 39.2 Å². The van der Waals surface area contributed by atoms with Crippen LogP contribution in [0.4, 0.5) is 0 Å². The van der Waals surface area contributed by atoms with Crippen LogP contribution in [-0.4, -0.2) is 26.5 Å². The highest BCUT2D eigenvalue weighted by Gasteiger charge is 2.43. The van der Waals surface area contributed by atoms with Crippen LogP contribution in [0.15, 0.2) is 6.33 Å². The van der Waals surface area contributed by atoms with Crippen molar-refractivity contribution in [3.63, 3.8) is 0 Å². The molecule has 1 aromatic heterocycles. The number of aromatic nitrogens is 3. The van der Waals surface area contributed by atoms with Crippen LogP contribution in [0.5, 0.6) is 0 Å². The monoisotopic (exact) mass is 195 g/mol. The Labute approximate surface area is 84.0 Å². The van der Waals surface area contributed by atoms with Gasteiger partial charge in [-0.1, -0.05) is 6.92 Å². The molecule has 1 heterocycles. The average Bonchev–Trinajstić information content (AvgIpc) is 2.84. The molecule has 0 atom stereocenters. The van der Waals surface area contributed by atoms with Gasteiger partial charge in [0.1, 0.15) is 12.2 Å². The van der Waals surface area contributed by atoms with Gasteiger partial charge in [0.2, 0.25) is 0 Å². The fourth-order valence-corrected chi connectivity index (χ4v) is 1.73. The maximum atomic E-state index is 9.22. The highest BCUT2D eigenvalue weighted by molar-refractivity contribution is 5.01. The molecule has 14 heavy (non-hydrogen) atoms. The SMILES string of the molecule is CCCn1ncnc1CC1(CO)CC1. The van der Waals surface area contributed by atoms with Gasteiger partial charge in [0.15, 0.2) is 0 Å². The van der Waals surface area contributed by atoms with E-state index < -0.39 is 0 Å². The fourth-order valence-electron chi connectivity index (χ4n) is 1.73. The van der Waals surface area contributed by atoms with Crippen molar-refractivity contribution in [2.75, 3.05) is 6.61 Å².